The first-order valence-corrected chi connectivity index (χ1v) is 9.85. The van der Waals surface area contributed by atoms with E-state index in [0.717, 1.165) is 29.3 Å². The number of ether oxygens (including phenoxy) is 2. The summed E-state index contributed by atoms with van der Waals surface area (Å²) in [7, 11) is 3.33. The third kappa shape index (κ3) is 3.70. The normalized spacial score (nSPS) is 12.1. The van der Waals surface area contributed by atoms with E-state index in [-0.39, 0.29) is 0 Å². The van der Waals surface area contributed by atoms with Crippen LogP contribution in [-0.2, 0) is 6.42 Å². The molecule has 0 spiro atoms. The molecule has 4 rings (SSSR count). The van der Waals surface area contributed by atoms with Gasteiger partial charge in [0.15, 0.2) is 11.5 Å². The molecule has 0 fully saturated rings. The van der Waals surface area contributed by atoms with Gasteiger partial charge in [0.05, 0.1) is 19.7 Å². The van der Waals surface area contributed by atoms with Gasteiger partial charge in [0, 0.05) is 23.2 Å². The summed E-state index contributed by atoms with van der Waals surface area (Å²) in [6.45, 7) is 4.32. The molecule has 0 amide bonds. The minimum absolute atomic E-state index is 0.295. The van der Waals surface area contributed by atoms with E-state index < -0.39 is 0 Å². The summed E-state index contributed by atoms with van der Waals surface area (Å²) in [5, 5.41) is 1.23. The Morgan fingerprint density at radius 3 is 2.45 bits per heavy atom. The average Bonchev–Trinajstić information content (AvgIpc) is 3.14. The Hall–Kier alpha value is -3.27. The van der Waals surface area contributed by atoms with Crippen LogP contribution in [0.2, 0.25) is 0 Å². The summed E-state index contributed by atoms with van der Waals surface area (Å²) in [4.78, 5) is 4.70. The van der Waals surface area contributed by atoms with E-state index in [1.54, 1.807) is 14.2 Å². The number of aryl methyl sites for hydroxylation is 1. The van der Waals surface area contributed by atoms with Gasteiger partial charge in [-0.3, -0.25) is 4.57 Å². The van der Waals surface area contributed by atoms with Crippen LogP contribution >= 0.6 is 0 Å². The Balaban J connectivity index is 1.75. The van der Waals surface area contributed by atoms with Crippen molar-refractivity contribution >= 4 is 10.9 Å². The van der Waals surface area contributed by atoms with E-state index in [2.05, 4.69) is 73.0 Å². The summed E-state index contributed by atoms with van der Waals surface area (Å²) >= 11 is 0. The Bertz CT molecular complexity index is 1130. The topological polar surface area (TPSA) is 36.3 Å². The number of hydrogen-bond acceptors (Lipinski definition) is 3. The molecule has 1 atom stereocenters. The van der Waals surface area contributed by atoms with Crippen molar-refractivity contribution < 1.29 is 9.47 Å². The molecular formula is C25H26N2O2. The highest BCUT2D eigenvalue weighted by molar-refractivity contribution is 5.83. The van der Waals surface area contributed by atoms with Gasteiger partial charge in [-0.2, -0.15) is 0 Å². The van der Waals surface area contributed by atoms with Crippen molar-refractivity contribution in [3.63, 3.8) is 0 Å². The molecule has 4 heteroatoms. The van der Waals surface area contributed by atoms with Gasteiger partial charge >= 0.3 is 0 Å². The van der Waals surface area contributed by atoms with Crippen LogP contribution in [-0.4, -0.2) is 23.8 Å². The first kappa shape index (κ1) is 19.1. The van der Waals surface area contributed by atoms with Crippen LogP contribution < -0.4 is 9.47 Å². The molecule has 29 heavy (non-hydrogen) atoms. The zero-order valence-corrected chi connectivity index (χ0v) is 17.3. The molecule has 0 aliphatic rings. The highest BCUT2D eigenvalue weighted by atomic mass is 16.5. The van der Waals surface area contributed by atoms with Gasteiger partial charge in [-0.15, -0.1) is 0 Å². The first-order valence-electron chi connectivity index (χ1n) is 9.85. The number of methoxy groups -OCH3 is 2. The molecular weight excluding hydrogens is 360 g/mol. The Morgan fingerprint density at radius 1 is 0.931 bits per heavy atom. The molecule has 0 saturated carbocycles. The number of benzene rings is 2. The maximum absolute atomic E-state index is 5.48. The van der Waals surface area contributed by atoms with Crippen molar-refractivity contribution in [2.45, 2.75) is 26.2 Å². The molecule has 0 unspecified atom stereocenters. The lowest BCUT2D eigenvalue weighted by Gasteiger charge is -2.17. The highest BCUT2D eigenvalue weighted by Gasteiger charge is 2.18. The fourth-order valence-corrected chi connectivity index (χ4v) is 3.85. The van der Waals surface area contributed by atoms with Crippen LogP contribution in [0.4, 0.5) is 0 Å². The number of para-hydroxylation sites is 1. The molecule has 148 valence electrons. The van der Waals surface area contributed by atoms with E-state index in [4.69, 9.17) is 14.5 Å². The van der Waals surface area contributed by atoms with Crippen molar-refractivity contribution in [1.29, 1.82) is 0 Å². The van der Waals surface area contributed by atoms with Crippen molar-refractivity contribution in [1.82, 2.24) is 9.55 Å². The quantitative estimate of drug-likeness (QED) is 0.427. The average molecular weight is 386 g/mol. The molecule has 4 aromatic rings. The molecule has 0 bridgehead atoms. The molecule has 2 aromatic carbocycles. The van der Waals surface area contributed by atoms with E-state index in [1.165, 1.54) is 22.2 Å². The number of pyridine rings is 1. The SMILES string of the molecule is COc1ccc(C[C@@H](C)c2cc3ccccc3n2-c2ccc(C)cn2)cc1OC. The molecule has 2 aromatic heterocycles. The molecule has 0 aliphatic heterocycles. The van der Waals surface area contributed by atoms with Crippen LogP contribution in [0.25, 0.3) is 16.7 Å². The van der Waals surface area contributed by atoms with E-state index in [1.807, 2.05) is 12.3 Å². The van der Waals surface area contributed by atoms with E-state index in [0.29, 0.717) is 5.92 Å². The second-order valence-electron chi connectivity index (χ2n) is 7.45. The fraction of sp³-hybridized carbons (Fsp3) is 0.240. The Labute approximate surface area is 171 Å². The predicted molar refractivity (Wildman–Crippen MR) is 117 cm³/mol. The summed E-state index contributed by atoms with van der Waals surface area (Å²) in [6, 6.07) is 21.1. The van der Waals surface area contributed by atoms with Crippen molar-refractivity contribution in [2.24, 2.45) is 0 Å². The second kappa shape index (κ2) is 8.00. The smallest absolute Gasteiger partial charge is 0.160 e. The van der Waals surface area contributed by atoms with Crippen LogP contribution in [0.15, 0.2) is 66.9 Å². The van der Waals surface area contributed by atoms with Gasteiger partial charge < -0.3 is 9.47 Å². The molecule has 0 N–H and O–H groups in total. The standard InChI is InChI=1S/C25H26N2O2/c1-17-9-12-25(26-16-17)27-21-8-6-5-7-20(21)15-22(27)18(2)13-19-10-11-23(28-3)24(14-19)29-4/h5-12,14-16,18H,13H2,1-4H3/t18-/m1/s1. The molecule has 0 saturated heterocycles. The van der Waals surface area contributed by atoms with Crippen LogP contribution in [0, 0.1) is 6.92 Å². The van der Waals surface area contributed by atoms with Gasteiger partial charge in [0.25, 0.3) is 0 Å². The number of rotatable bonds is 6. The lowest BCUT2D eigenvalue weighted by atomic mass is 9.97. The molecule has 2 heterocycles. The van der Waals surface area contributed by atoms with Crippen LogP contribution in [0.5, 0.6) is 11.5 Å². The zero-order chi connectivity index (χ0) is 20.4. The van der Waals surface area contributed by atoms with Crippen molar-refractivity contribution in [3.05, 3.63) is 83.7 Å². The Morgan fingerprint density at radius 2 is 1.72 bits per heavy atom. The summed E-state index contributed by atoms with van der Waals surface area (Å²) in [6.07, 6.45) is 2.81. The maximum atomic E-state index is 5.48. The lowest BCUT2D eigenvalue weighted by Crippen LogP contribution is -2.08. The largest absolute Gasteiger partial charge is 0.493 e. The number of hydrogen-bond donors (Lipinski definition) is 0. The van der Waals surface area contributed by atoms with E-state index in [9.17, 15) is 0 Å². The lowest BCUT2D eigenvalue weighted by molar-refractivity contribution is 0.354. The van der Waals surface area contributed by atoms with Gasteiger partial charge in [0.2, 0.25) is 0 Å². The first-order chi connectivity index (χ1) is 14.1. The monoisotopic (exact) mass is 386 g/mol. The van der Waals surface area contributed by atoms with Crippen LogP contribution in [0.1, 0.15) is 29.7 Å². The maximum Gasteiger partial charge on any atom is 0.160 e. The van der Waals surface area contributed by atoms with Gasteiger partial charge in [-0.05, 0) is 54.8 Å². The number of fused-ring (bicyclic) bond motifs is 1. The fourth-order valence-electron chi connectivity index (χ4n) is 3.85. The molecule has 4 nitrogen and oxygen atoms in total. The highest BCUT2D eigenvalue weighted by Crippen LogP contribution is 2.33. The summed E-state index contributed by atoms with van der Waals surface area (Å²) in [5.74, 6) is 2.76. The molecule has 0 aliphatic carbocycles. The van der Waals surface area contributed by atoms with Crippen LogP contribution in [0.3, 0.4) is 0 Å². The summed E-state index contributed by atoms with van der Waals surface area (Å²) in [5.41, 5.74) is 4.80. The zero-order valence-electron chi connectivity index (χ0n) is 17.3. The number of nitrogens with zero attached hydrogens (tertiary/aromatic N) is 2. The minimum Gasteiger partial charge on any atom is -0.493 e. The predicted octanol–water partition coefficient (Wildman–Crippen LogP) is 5.70. The van der Waals surface area contributed by atoms with E-state index >= 15 is 0 Å². The van der Waals surface area contributed by atoms with Gasteiger partial charge in [-0.25, -0.2) is 4.98 Å². The minimum atomic E-state index is 0.295. The van der Waals surface area contributed by atoms with Gasteiger partial charge in [0.1, 0.15) is 5.82 Å². The number of aromatic nitrogens is 2. The molecule has 0 radical (unpaired) electrons. The second-order valence-corrected chi connectivity index (χ2v) is 7.45. The third-order valence-electron chi connectivity index (χ3n) is 5.36. The Kier molecular flexibility index (Phi) is 5.26. The third-order valence-corrected chi connectivity index (χ3v) is 5.36. The van der Waals surface area contributed by atoms with Gasteiger partial charge in [-0.1, -0.05) is 37.3 Å². The van der Waals surface area contributed by atoms with Crippen molar-refractivity contribution in [3.8, 4) is 17.3 Å². The summed E-state index contributed by atoms with van der Waals surface area (Å²) < 4.78 is 13.1. The van der Waals surface area contributed by atoms with Crippen molar-refractivity contribution in [2.75, 3.05) is 14.2 Å².